The lowest BCUT2D eigenvalue weighted by Crippen LogP contribution is -2.21. The molecule has 1 aliphatic carbocycles. The molecule has 0 bridgehead atoms. The average molecular weight is 444 g/mol. The molecule has 8 nitrogen and oxygen atoms in total. The van der Waals surface area contributed by atoms with E-state index in [1.165, 1.54) is 11.8 Å². The minimum Gasteiger partial charge on any atom is -0.461 e. The van der Waals surface area contributed by atoms with E-state index >= 15 is 0 Å². The Balaban J connectivity index is 1.29. The molecule has 158 valence electrons. The van der Waals surface area contributed by atoms with Crippen molar-refractivity contribution in [3.05, 3.63) is 83.1 Å². The van der Waals surface area contributed by atoms with Gasteiger partial charge in [-0.3, -0.25) is 14.4 Å². The lowest BCUT2D eigenvalue weighted by molar-refractivity contribution is -0.113. The van der Waals surface area contributed by atoms with Crippen LogP contribution in [0.3, 0.4) is 0 Å². The first-order valence-electron chi connectivity index (χ1n) is 9.71. The molecule has 0 spiro atoms. The molecule has 0 unspecified atom stereocenters. The molecule has 0 saturated heterocycles. The maximum Gasteiger partial charge on any atom is 0.234 e. The molecule has 2 aromatic heterocycles. The highest BCUT2D eigenvalue weighted by Crippen LogP contribution is 2.29. The summed E-state index contributed by atoms with van der Waals surface area (Å²) in [6, 6.07) is 15.0. The summed E-state index contributed by atoms with van der Waals surface area (Å²) < 4.78 is 7.09. The van der Waals surface area contributed by atoms with Gasteiger partial charge in [-0.2, -0.15) is 0 Å². The zero-order valence-corrected chi connectivity index (χ0v) is 17.7. The smallest absolute Gasteiger partial charge is 0.234 e. The number of hydrogen-bond donors (Lipinski definition) is 1. The molecule has 1 N–H and O–H groups in total. The Morgan fingerprint density at radius 3 is 2.41 bits per heavy atom. The third-order valence-electron chi connectivity index (χ3n) is 5.12. The van der Waals surface area contributed by atoms with E-state index in [-0.39, 0.29) is 28.8 Å². The van der Waals surface area contributed by atoms with Crippen LogP contribution in [0.1, 0.15) is 31.8 Å². The number of hydrogen-bond acceptors (Lipinski definition) is 7. The second kappa shape index (κ2) is 7.93. The topological polar surface area (TPSA) is 107 Å². The lowest BCUT2D eigenvalue weighted by atomic mass is 9.84. The number of furan rings is 1. The number of nitrogens with zero attached hydrogens (tertiary/aromatic N) is 3. The van der Waals surface area contributed by atoms with E-state index in [0.717, 1.165) is 0 Å². The molecular formula is C23H16N4O4S. The molecule has 9 heteroatoms. The Morgan fingerprint density at radius 1 is 0.969 bits per heavy atom. The monoisotopic (exact) mass is 444 g/mol. The fraction of sp³-hybridized carbons (Fsp3) is 0.0870. The van der Waals surface area contributed by atoms with Gasteiger partial charge in [0.1, 0.15) is 0 Å². The molecule has 0 fully saturated rings. The molecule has 2 aromatic carbocycles. The number of fused-ring (bicyclic) bond motifs is 2. The maximum atomic E-state index is 12.8. The van der Waals surface area contributed by atoms with Crippen LogP contribution in [0.5, 0.6) is 0 Å². The summed E-state index contributed by atoms with van der Waals surface area (Å²) in [6.45, 7) is 0. The van der Waals surface area contributed by atoms with Crippen LogP contribution in [0.15, 0.2) is 70.4 Å². The second-order valence-corrected chi connectivity index (χ2v) is 8.09. The van der Waals surface area contributed by atoms with Crippen molar-refractivity contribution in [1.82, 2.24) is 14.8 Å². The van der Waals surface area contributed by atoms with Crippen molar-refractivity contribution in [3.8, 4) is 11.6 Å². The SMILES string of the molecule is Cn1c(SCC(=O)Nc2ccc3c(c2)C(=O)c2ccccc2C3=O)nnc1-c1ccco1. The van der Waals surface area contributed by atoms with Crippen molar-refractivity contribution in [3.63, 3.8) is 0 Å². The van der Waals surface area contributed by atoms with Crippen LogP contribution in [0, 0.1) is 0 Å². The van der Waals surface area contributed by atoms with Gasteiger partial charge in [-0.05, 0) is 30.3 Å². The molecule has 0 aliphatic heterocycles. The first-order valence-corrected chi connectivity index (χ1v) is 10.7. The number of carbonyl (C=O) groups is 3. The van der Waals surface area contributed by atoms with E-state index in [2.05, 4.69) is 15.5 Å². The summed E-state index contributed by atoms with van der Waals surface area (Å²) in [5.41, 5.74) is 1.85. The molecule has 4 aromatic rings. The van der Waals surface area contributed by atoms with Gasteiger partial charge >= 0.3 is 0 Å². The number of amides is 1. The second-order valence-electron chi connectivity index (χ2n) is 7.14. The van der Waals surface area contributed by atoms with Crippen molar-refractivity contribution in [1.29, 1.82) is 0 Å². The predicted octanol–water partition coefficient (Wildman–Crippen LogP) is 3.58. The highest BCUT2D eigenvalue weighted by Gasteiger charge is 2.29. The quantitative estimate of drug-likeness (QED) is 0.413. The van der Waals surface area contributed by atoms with E-state index in [4.69, 9.17) is 4.42 Å². The molecule has 1 amide bonds. The van der Waals surface area contributed by atoms with Crippen molar-refractivity contribution < 1.29 is 18.8 Å². The molecule has 1 aliphatic rings. The zero-order valence-electron chi connectivity index (χ0n) is 16.9. The third-order valence-corrected chi connectivity index (χ3v) is 6.14. The minimum atomic E-state index is -0.271. The summed E-state index contributed by atoms with van der Waals surface area (Å²) in [6.07, 6.45) is 1.56. The number of thioether (sulfide) groups is 1. The van der Waals surface area contributed by atoms with Crippen LogP contribution in [-0.2, 0) is 11.8 Å². The number of aromatic nitrogens is 3. The van der Waals surface area contributed by atoms with Gasteiger partial charge in [0, 0.05) is 35.0 Å². The largest absolute Gasteiger partial charge is 0.461 e. The van der Waals surface area contributed by atoms with Crippen molar-refractivity contribution in [2.45, 2.75) is 5.16 Å². The van der Waals surface area contributed by atoms with Crippen molar-refractivity contribution in [2.24, 2.45) is 7.05 Å². The summed E-state index contributed by atoms with van der Waals surface area (Å²) in [7, 11) is 1.79. The summed E-state index contributed by atoms with van der Waals surface area (Å²) in [4.78, 5) is 38.0. The van der Waals surface area contributed by atoms with Crippen LogP contribution in [0.2, 0.25) is 0 Å². The van der Waals surface area contributed by atoms with Crippen LogP contribution >= 0.6 is 11.8 Å². The highest BCUT2D eigenvalue weighted by atomic mass is 32.2. The predicted molar refractivity (Wildman–Crippen MR) is 118 cm³/mol. The third kappa shape index (κ3) is 3.42. The molecule has 5 rings (SSSR count). The molecule has 32 heavy (non-hydrogen) atoms. The molecule has 2 heterocycles. The number of ketones is 2. The molecule has 0 radical (unpaired) electrons. The normalized spacial score (nSPS) is 12.4. The number of nitrogens with one attached hydrogen (secondary N) is 1. The van der Waals surface area contributed by atoms with E-state index in [0.29, 0.717) is 39.1 Å². The van der Waals surface area contributed by atoms with Crippen LogP contribution in [0.25, 0.3) is 11.6 Å². The van der Waals surface area contributed by atoms with Crippen LogP contribution in [-0.4, -0.2) is 38.0 Å². The number of carbonyl (C=O) groups excluding carboxylic acids is 3. The Kier molecular flexibility index (Phi) is 4.95. The Morgan fingerprint density at radius 2 is 1.69 bits per heavy atom. The zero-order chi connectivity index (χ0) is 22.2. The van der Waals surface area contributed by atoms with Gasteiger partial charge in [-0.25, -0.2) is 0 Å². The number of anilines is 1. The number of benzene rings is 2. The van der Waals surface area contributed by atoms with Crippen LogP contribution < -0.4 is 5.32 Å². The summed E-state index contributed by atoms with van der Waals surface area (Å²) >= 11 is 1.23. The Labute approximate surface area is 186 Å². The van der Waals surface area contributed by atoms with Gasteiger partial charge in [0.25, 0.3) is 0 Å². The maximum absolute atomic E-state index is 12.8. The van der Waals surface area contributed by atoms with E-state index in [1.807, 2.05) is 0 Å². The van der Waals surface area contributed by atoms with Crippen LogP contribution in [0.4, 0.5) is 5.69 Å². The van der Waals surface area contributed by atoms with Gasteiger partial charge < -0.3 is 14.3 Å². The highest BCUT2D eigenvalue weighted by molar-refractivity contribution is 7.99. The first-order chi connectivity index (χ1) is 15.5. The van der Waals surface area contributed by atoms with Crippen molar-refractivity contribution >= 4 is 34.9 Å². The van der Waals surface area contributed by atoms with E-state index in [1.54, 1.807) is 72.5 Å². The molecule has 0 saturated carbocycles. The minimum absolute atomic E-state index is 0.0942. The van der Waals surface area contributed by atoms with Crippen molar-refractivity contribution in [2.75, 3.05) is 11.1 Å². The van der Waals surface area contributed by atoms with E-state index in [9.17, 15) is 14.4 Å². The fourth-order valence-corrected chi connectivity index (χ4v) is 4.28. The Bertz CT molecular complexity index is 1370. The standard InChI is InChI=1S/C23H16N4O4S/c1-27-22(18-7-4-10-31-18)25-26-23(27)32-12-19(28)24-13-8-9-16-17(11-13)21(30)15-6-3-2-5-14(15)20(16)29/h2-11H,12H2,1H3,(H,24,28). The lowest BCUT2D eigenvalue weighted by Gasteiger charge is -2.18. The molecule has 0 atom stereocenters. The summed E-state index contributed by atoms with van der Waals surface area (Å²) in [5.74, 6) is 0.551. The van der Waals surface area contributed by atoms with Gasteiger partial charge in [0.15, 0.2) is 28.3 Å². The summed E-state index contributed by atoms with van der Waals surface area (Å²) in [5, 5.41) is 11.5. The average Bonchev–Trinajstić information content (AvgIpc) is 3.46. The van der Waals surface area contributed by atoms with E-state index < -0.39 is 0 Å². The van der Waals surface area contributed by atoms with Gasteiger partial charge in [-0.15, -0.1) is 10.2 Å². The van der Waals surface area contributed by atoms with Gasteiger partial charge in [-0.1, -0.05) is 36.0 Å². The van der Waals surface area contributed by atoms with Gasteiger partial charge in [0.2, 0.25) is 5.91 Å². The molecular weight excluding hydrogens is 428 g/mol. The Hall–Kier alpha value is -3.98. The fourth-order valence-electron chi connectivity index (χ4n) is 3.57. The van der Waals surface area contributed by atoms with Gasteiger partial charge in [0.05, 0.1) is 12.0 Å². The first kappa shape index (κ1) is 20.0. The number of rotatable bonds is 5.